The van der Waals surface area contributed by atoms with Gasteiger partial charge >= 0.3 is 0 Å². The average molecular weight is 374 g/mol. The highest BCUT2D eigenvalue weighted by Crippen LogP contribution is 2.28. The Kier molecular flexibility index (Phi) is 4.73. The van der Waals surface area contributed by atoms with Gasteiger partial charge < -0.3 is 0 Å². The summed E-state index contributed by atoms with van der Waals surface area (Å²) >= 11 is 0. The van der Waals surface area contributed by atoms with Crippen LogP contribution in [0, 0.1) is 5.92 Å². The number of benzene rings is 1. The summed E-state index contributed by atoms with van der Waals surface area (Å²) in [5.74, 6) is 0.833. The number of pyridine rings is 1. The van der Waals surface area contributed by atoms with Crippen molar-refractivity contribution in [2.45, 2.75) is 45.2 Å². The van der Waals surface area contributed by atoms with E-state index >= 15 is 0 Å². The lowest BCUT2D eigenvalue weighted by atomic mass is 9.84. The highest BCUT2D eigenvalue weighted by atomic mass is 16.1. The first-order chi connectivity index (χ1) is 13.8. The largest absolute Gasteiger partial charge is 0.298 e. The molecule has 1 saturated carbocycles. The van der Waals surface area contributed by atoms with Crippen LogP contribution < -0.4 is 16.3 Å². The Balaban J connectivity index is 1.61. The minimum Gasteiger partial charge on any atom is -0.298 e. The Hall–Kier alpha value is -2.46. The number of nitrogens with zero attached hydrogens (tertiary/aromatic N) is 3. The molecule has 0 bridgehead atoms. The van der Waals surface area contributed by atoms with Gasteiger partial charge in [0.05, 0.1) is 6.54 Å². The highest BCUT2D eigenvalue weighted by molar-refractivity contribution is 5.37. The molecule has 144 valence electrons. The van der Waals surface area contributed by atoms with Gasteiger partial charge in [0.1, 0.15) is 5.49 Å². The fraction of sp³-hybridized carbons (Fsp3) is 0.417. The van der Waals surface area contributed by atoms with Crippen molar-refractivity contribution >= 4 is 6.08 Å². The number of hydrogen-bond acceptors (Lipinski definition) is 3. The molecule has 1 aliphatic carbocycles. The zero-order valence-corrected chi connectivity index (χ0v) is 16.3. The quantitative estimate of drug-likeness (QED) is 0.825. The predicted octanol–water partition coefficient (Wildman–Crippen LogP) is 2.37. The van der Waals surface area contributed by atoms with E-state index < -0.39 is 0 Å². The van der Waals surface area contributed by atoms with E-state index in [0.29, 0.717) is 6.54 Å². The van der Waals surface area contributed by atoms with Crippen molar-refractivity contribution in [2.24, 2.45) is 10.9 Å². The van der Waals surface area contributed by atoms with Crippen molar-refractivity contribution in [3.8, 4) is 0 Å². The van der Waals surface area contributed by atoms with Gasteiger partial charge in [0.25, 0.3) is 5.56 Å². The molecule has 0 saturated heterocycles. The molecule has 0 unspecified atom stereocenters. The van der Waals surface area contributed by atoms with Crippen LogP contribution in [-0.2, 0) is 19.5 Å². The van der Waals surface area contributed by atoms with Crippen LogP contribution in [0.3, 0.4) is 0 Å². The van der Waals surface area contributed by atoms with Gasteiger partial charge in [-0.05, 0) is 42.7 Å². The molecular formula is C24H27N3O. The Labute approximate surface area is 165 Å². The molecule has 0 amide bonds. The van der Waals surface area contributed by atoms with Crippen molar-refractivity contribution in [1.29, 1.82) is 0 Å². The summed E-state index contributed by atoms with van der Waals surface area (Å²) in [6.07, 6.45) is 12.1. The third kappa shape index (κ3) is 3.26. The van der Waals surface area contributed by atoms with Gasteiger partial charge in [-0.25, -0.2) is 4.99 Å². The lowest BCUT2D eigenvalue weighted by Gasteiger charge is -2.35. The molecule has 1 fully saturated rings. The van der Waals surface area contributed by atoms with Crippen LogP contribution in [0.2, 0.25) is 0 Å². The third-order valence-corrected chi connectivity index (χ3v) is 6.43. The molecule has 28 heavy (non-hydrogen) atoms. The Morgan fingerprint density at radius 1 is 1.11 bits per heavy atom. The normalized spacial score (nSPS) is 19.0. The topological polar surface area (TPSA) is 37.6 Å². The standard InChI is InChI=1S/C24H27N3O/c28-24-22-17-26(15-18-9-6-10-18)14-12-20(22)21-11-4-5-13-25-23(21)27(24)16-19-7-2-1-3-8-19/h1-3,5,7-8,11,13,18H,4,6,9-10,12,14-17H2. The molecular weight excluding hydrogens is 346 g/mol. The molecule has 0 atom stereocenters. The smallest absolute Gasteiger partial charge is 0.257 e. The van der Waals surface area contributed by atoms with Gasteiger partial charge in [-0.15, -0.1) is 0 Å². The minimum absolute atomic E-state index is 0.142. The number of aromatic nitrogens is 1. The first-order valence-corrected chi connectivity index (χ1v) is 10.5. The second-order valence-electron chi connectivity index (χ2n) is 8.31. The molecule has 0 radical (unpaired) electrons. The first-order valence-electron chi connectivity index (χ1n) is 10.5. The van der Waals surface area contributed by atoms with E-state index in [1.807, 2.05) is 29.0 Å². The summed E-state index contributed by atoms with van der Waals surface area (Å²) in [6.45, 7) is 3.56. The summed E-state index contributed by atoms with van der Waals surface area (Å²) in [5, 5.41) is 1.18. The SMILES string of the molecule is O=c1c2c(c3c(n1Cc1ccccc1)=NC=CCC=3)CCN(CC1CCC1)C2. The molecule has 5 rings (SSSR count). The van der Waals surface area contributed by atoms with Gasteiger partial charge in [0.2, 0.25) is 0 Å². The van der Waals surface area contributed by atoms with Crippen molar-refractivity contribution < 1.29 is 0 Å². The van der Waals surface area contributed by atoms with Gasteiger partial charge in [-0.1, -0.05) is 48.9 Å². The maximum atomic E-state index is 13.6. The second-order valence-corrected chi connectivity index (χ2v) is 8.31. The molecule has 3 aliphatic rings. The van der Waals surface area contributed by atoms with E-state index in [2.05, 4.69) is 34.2 Å². The maximum Gasteiger partial charge on any atom is 0.257 e. The van der Waals surface area contributed by atoms with Crippen LogP contribution in [0.4, 0.5) is 0 Å². The van der Waals surface area contributed by atoms with E-state index in [9.17, 15) is 4.79 Å². The second kappa shape index (κ2) is 7.51. The number of hydrogen-bond donors (Lipinski definition) is 0. The molecule has 2 aromatic rings. The highest BCUT2D eigenvalue weighted by Gasteiger charge is 2.26. The summed E-state index contributed by atoms with van der Waals surface area (Å²) in [4.78, 5) is 20.7. The van der Waals surface area contributed by atoms with E-state index in [1.54, 1.807) is 0 Å². The Morgan fingerprint density at radius 2 is 1.96 bits per heavy atom. The molecule has 0 N–H and O–H groups in total. The van der Waals surface area contributed by atoms with E-state index in [1.165, 1.54) is 30.0 Å². The zero-order chi connectivity index (χ0) is 18.9. The van der Waals surface area contributed by atoms with Gasteiger partial charge in [-0.2, -0.15) is 0 Å². The van der Waals surface area contributed by atoms with Crippen molar-refractivity contribution in [3.63, 3.8) is 0 Å². The third-order valence-electron chi connectivity index (χ3n) is 6.43. The predicted molar refractivity (Wildman–Crippen MR) is 112 cm³/mol. The Bertz CT molecular complexity index is 1080. The molecule has 3 heterocycles. The monoisotopic (exact) mass is 373 g/mol. The Morgan fingerprint density at radius 3 is 2.75 bits per heavy atom. The van der Waals surface area contributed by atoms with Crippen LogP contribution in [0.25, 0.3) is 6.08 Å². The fourth-order valence-corrected chi connectivity index (χ4v) is 4.69. The summed E-state index contributed by atoms with van der Waals surface area (Å²) in [7, 11) is 0. The summed E-state index contributed by atoms with van der Waals surface area (Å²) < 4.78 is 1.89. The van der Waals surface area contributed by atoms with Crippen LogP contribution in [0.5, 0.6) is 0 Å². The van der Waals surface area contributed by atoms with Crippen LogP contribution in [0.15, 0.2) is 52.4 Å². The van der Waals surface area contributed by atoms with Crippen molar-refractivity contribution in [3.05, 3.63) is 80.4 Å². The van der Waals surface area contributed by atoms with Crippen molar-refractivity contribution in [2.75, 3.05) is 13.1 Å². The average Bonchev–Trinajstić information content (AvgIpc) is 2.95. The van der Waals surface area contributed by atoms with E-state index in [0.717, 1.165) is 55.0 Å². The van der Waals surface area contributed by atoms with Gasteiger partial charge in [0.15, 0.2) is 0 Å². The lowest BCUT2D eigenvalue weighted by molar-refractivity contribution is 0.164. The molecule has 0 spiro atoms. The lowest BCUT2D eigenvalue weighted by Crippen LogP contribution is -2.51. The zero-order valence-electron chi connectivity index (χ0n) is 16.3. The number of rotatable bonds is 4. The minimum atomic E-state index is 0.142. The number of fused-ring (bicyclic) bond motifs is 3. The van der Waals surface area contributed by atoms with Gasteiger partial charge in [0, 0.05) is 36.6 Å². The molecule has 2 aliphatic heterocycles. The van der Waals surface area contributed by atoms with E-state index in [-0.39, 0.29) is 5.56 Å². The molecule has 1 aromatic carbocycles. The van der Waals surface area contributed by atoms with Crippen LogP contribution in [-0.4, -0.2) is 22.6 Å². The maximum absolute atomic E-state index is 13.6. The van der Waals surface area contributed by atoms with Crippen LogP contribution in [0.1, 0.15) is 42.4 Å². The van der Waals surface area contributed by atoms with Crippen LogP contribution >= 0.6 is 0 Å². The van der Waals surface area contributed by atoms with E-state index in [4.69, 9.17) is 0 Å². The molecule has 1 aromatic heterocycles. The number of allylic oxidation sites excluding steroid dienone is 1. The summed E-state index contributed by atoms with van der Waals surface area (Å²) in [6, 6.07) is 10.2. The van der Waals surface area contributed by atoms with Gasteiger partial charge in [-0.3, -0.25) is 14.3 Å². The summed E-state index contributed by atoms with van der Waals surface area (Å²) in [5.41, 5.74) is 4.34. The molecule has 4 heteroatoms. The fourth-order valence-electron chi connectivity index (χ4n) is 4.69. The molecule has 4 nitrogen and oxygen atoms in total. The van der Waals surface area contributed by atoms with Crippen molar-refractivity contribution in [1.82, 2.24) is 9.47 Å². The first kappa shape index (κ1) is 17.6.